The smallest absolute Gasteiger partial charge is 0.346 e. The van der Waals surface area contributed by atoms with Crippen LogP contribution in [0.5, 0.6) is 0 Å². The van der Waals surface area contributed by atoms with Gasteiger partial charge in [0.1, 0.15) is 17.5 Å². The summed E-state index contributed by atoms with van der Waals surface area (Å²) in [5.74, 6) is -0.473. The van der Waals surface area contributed by atoms with E-state index in [-0.39, 0.29) is 5.57 Å². The van der Waals surface area contributed by atoms with Crippen molar-refractivity contribution >= 4 is 29.1 Å². The van der Waals surface area contributed by atoms with Crippen LogP contribution in [0.3, 0.4) is 0 Å². The summed E-state index contributed by atoms with van der Waals surface area (Å²) in [6.07, 6.45) is 1.37. The second-order valence-corrected chi connectivity index (χ2v) is 9.83. The molecule has 0 fully saturated rings. The summed E-state index contributed by atoms with van der Waals surface area (Å²) in [4.78, 5) is 22.0. The average molecular weight is 559 g/mol. The van der Waals surface area contributed by atoms with Gasteiger partial charge in [-0.25, -0.2) is 9.78 Å². The van der Waals surface area contributed by atoms with E-state index in [1.807, 2.05) is 78.9 Å². The molecule has 1 heterocycles. The Hall–Kier alpha value is -6.19. The summed E-state index contributed by atoms with van der Waals surface area (Å²) >= 11 is 0. The largest absolute Gasteiger partial charge is 0.477 e. The number of aliphatic carboxylic acids is 1. The van der Waals surface area contributed by atoms with Crippen LogP contribution in [-0.2, 0) is 4.79 Å². The molecule has 0 spiro atoms. The van der Waals surface area contributed by atoms with Gasteiger partial charge in [0.05, 0.1) is 11.4 Å². The van der Waals surface area contributed by atoms with Gasteiger partial charge in [-0.15, -0.1) is 0 Å². The van der Waals surface area contributed by atoms with E-state index in [0.717, 1.165) is 51.0 Å². The predicted octanol–water partition coefficient (Wildman–Crippen LogP) is 8.87. The molecule has 206 valence electrons. The molecule has 0 aliphatic heterocycles. The van der Waals surface area contributed by atoms with Crippen molar-refractivity contribution in [3.8, 4) is 40.0 Å². The zero-order valence-corrected chi connectivity index (χ0v) is 23.1. The highest BCUT2D eigenvalue weighted by atomic mass is 16.4. The number of rotatable bonds is 8. The number of nitrogens with zero attached hydrogens (tertiary/aromatic N) is 3. The molecule has 43 heavy (non-hydrogen) atoms. The predicted molar refractivity (Wildman–Crippen MR) is 171 cm³/mol. The van der Waals surface area contributed by atoms with Crippen molar-refractivity contribution in [2.75, 3.05) is 4.90 Å². The molecule has 0 unspecified atom stereocenters. The fourth-order valence-electron chi connectivity index (χ4n) is 4.95. The molecule has 0 radical (unpaired) electrons. The molecule has 0 bridgehead atoms. The Morgan fingerprint density at radius 3 is 1.74 bits per heavy atom. The lowest BCUT2D eigenvalue weighted by molar-refractivity contribution is -0.132. The minimum atomic E-state index is -1.25. The van der Waals surface area contributed by atoms with E-state index >= 15 is 0 Å². The third-order valence-electron chi connectivity index (χ3n) is 7.04. The standard InChI is InChI=1S/C37H26N4O2/c38-25-30(37(42)43)24-26-16-20-32(21-17-26)41(31-14-8-3-9-15-31)33-22-18-29(19-23-33)36-39-34(27-10-4-1-5-11-27)35(40-36)28-12-6-2-7-13-28/h1-24H,(H,39,40)(H,42,43)/b30-24-. The molecule has 6 rings (SSSR count). The lowest BCUT2D eigenvalue weighted by Crippen LogP contribution is -2.09. The zero-order valence-electron chi connectivity index (χ0n) is 23.1. The molecule has 6 heteroatoms. The van der Waals surface area contributed by atoms with Crippen molar-refractivity contribution in [1.29, 1.82) is 5.26 Å². The van der Waals surface area contributed by atoms with E-state index in [9.17, 15) is 9.90 Å². The molecule has 0 saturated carbocycles. The Bertz CT molecular complexity index is 1870. The van der Waals surface area contributed by atoms with Crippen LogP contribution in [0.25, 0.3) is 40.0 Å². The minimum absolute atomic E-state index is 0.313. The molecular formula is C37H26N4O2. The molecule has 0 amide bonds. The molecule has 2 N–H and O–H groups in total. The van der Waals surface area contributed by atoms with Crippen molar-refractivity contribution in [2.45, 2.75) is 0 Å². The van der Waals surface area contributed by atoms with Crippen LogP contribution in [0, 0.1) is 11.3 Å². The molecule has 0 atom stereocenters. The summed E-state index contributed by atoms with van der Waals surface area (Å²) < 4.78 is 0. The lowest BCUT2D eigenvalue weighted by atomic mass is 10.1. The quantitative estimate of drug-likeness (QED) is 0.144. The number of anilines is 3. The van der Waals surface area contributed by atoms with Crippen LogP contribution >= 0.6 is 0 Å². The Morgan fingerprint density at radius 2 is 1.19 bits per heavy atom. The van der Waals surface area contributed by atoms with Gasteiger partial charge in [0.2, 0.25) is 0 Å². The van der Waals surface area contributed by atoms with Gasteiger partial charge in [0.25, 0.3) is 0 Å². The van der Waals surface area contributed by atoms with Crippen molar-refractivity contribution in [2.24, 2.45) is 0 Å². The second kappa shape index (κ2) is 12.1. The first kappa shape index (κ1) is 27.0. The van der Waals surface area contributed by atoms with E-state index in [1.165, 1.54) is 6.08 Å². The van der Waals surface area contributed by atoms with Crippen molar-refractivity contribution in [3.05, 3.63) is 151 Å². The van der Waals surface area contributed by atoms with Gasteiger partial charge in [-0.2, -0.15) is 5.26 Å². The topological polar surface area (TPSA) is 93.0 Å². The molecule has 6 aromatic rings. The average Bonchev–Trinajstić information content (AvgIpc) is 3.52. The number of hydrogen-bond acceptors (Lipinski definition) is 4. The monoisotopic (exact) mass is 558 g/mol. The fourth-order valence-corrected chi connectivity index (χ4v) is 4.95. The third kappa shape index (κ3) is 5.83. The number of H-pyrrole nitrogens is 1. The number of carboxylic acids is 1. The van der Waals surface area contributed by atoms with E-state index in [2.05, 4.69) is 58.4 Å². The Morgan fingerprint density at radius 1 is 0.674 bits per heavy atom. The van der Waals surface area contributed by atoms with Crippen molar-refractivity contribution in [3.63, 3.8) is 0 Å². The summed E-state index contributed by atoms with van der Waals surface area (Å²) in [7, 11) is 0. The number of nitriles is 1. The van der Waals surface area contributed by atoms with Gasteiger partial charge in [0.15, 0.2) is 0 Å². The number of hydrogen-bond donors (Lipinski definition) is 2. The second-order valence-electron chi connectivity index (χ2n) is 9.83. The number of nitrogens with one attached hydrogen (secondary N) is 1. The van der Waals surface area contributed by atoms with E-state index in [1.54, 1.807) is 18.2 Å². The summed E-state index contributed by atoms with van der Waals surface area (Å²) in [6, 6.07) is 47.8. The summed E-state index contributed by atoms with van der Waals surface area (Å²) in [5.41, 5.74) is 8.04. The molecule has 0 aliphatic carbocycles. The van der Waals surface area contributed by atoms with E-state index in [4.69, 9.17) is 10.2 Å². The highest BCUT2D eigenvalue weighted by molar-refractivity contribution is 5.96. The number of aromatic nitrogens is 2. The SMILES string of the molecule is N#C/C(=C/c1ccc(N(c2ccccc2)c2ccc(-c3nc(-c4ccccc4)c(-c4ccccc4)[nH]3)cc2)cc1)C(=O)O. The molecule has 5 aromatic carbocycles. The first-order valence-corrected chi connectivity index (χ1v) is 13.7. The van der Waals surface area contributed by atoms with Crippen LogP contribution < -0.4 is 4.90 Å². The number of imidazole rings is 1. The summed E-state index contributed by atoms with van der Waals surface area (Å²) in [5, 5.41) is 18.3. The normalized spacial score (nSPS) is 11.1. The highest BCUT2D eigenvalue weighted by Crippen LogP contribution is 2.37. The van der Waals surface area contributed by atoms with Crippen LogP contribution in [0.1, 0.15) is 5.56 Å². The number of carbonyl (C=O) groups is 1. The van der Waals surface area contributed by atoms with Gasteiger partial charge in [-0.3, -0.25) is 0 Å². The van der Waals surface area contributed by atoms with Crippen molar-refractivity contribution in [1.82, 2.24) is 9.97 Å². The number of carboxylic acid groups (broad SMARTS) is 1. The molecule has 1 aromatic heterocycles. The van der Waals surface area contributed by atoms with Crippen molar-refractivity contribution < 1.29 is 9.90 Å². The summed E-state index contributed by atoms with van der Waals surface area (Å²) in [6.45, 7) is 0. The third-order valence-corrected chi connectivity index (χ3v) is 7.04. The lowest BCUT2D eigenvalue weighted by Gasteiger charge is -2.25. The Kier molecular flexibility index (Phi) is 7.62. The van der Waals surface area contributed by atoms with Gasteiger partial charge in [-0.05, 0) is 60.2 Å². The Labute approximate surface area is 249 Å². The maximum atomic E-state index is 11.3. The first-order valence-electron chi connectivity index (χ1n) is 13.7. The number of benzene rings is 5. The van der Waals surface area contributed by atoms with Crippen LogP contribution in [0.4, 0.5) is 17.1 Å². The minimum Gasteiger partial charge on any atom is -0.477 e. The van der Waals surface area contributed by atoms with Gasteiger partial charge < -0.3 is 15.0 Å². The molecule has 0 saturated heterocycles. The Balaban J connectivity index is 1.37. The van der Waals surface area contributed by atoms with Crippen LogP contribution in [0.15, 0.2) is 145 Å². The first-order chi connectivity index (χ1) is 21.1. The van der Waals surface area contributed by atoms with Crippen LogP contribution in [-0.4, -0.2) is 21.0 Å². The fraction of sp³-hybridized carbons (Fsp3) is 0. The molecule has 6 nitrogen and oxygen atoms in total. The van der Waals surface area contributed by atoms with E-state index < -0.39 is 5.97 Å². The number of aromatic amines is 1. The van der Waals surface area contributed by atoms with Crippen LogP contribution in [0.2, 0.25) is 0 Å². The molecule has 0 aliphatic rings. The molecular weight excluding hydrogens is 532 g/mol. The highest BCUT2D eigenvalue weighted by Gasteiger charge is 2.17. The van der Waals surface area contributed by atoms with Gasteiger partial charge >= 0.3 is 5.97 Å². The maximum Gasteiger partial charge on any atom is 0.346 e. The van der Waals surface area contributed by atoms with Gasteiger partial charge in [-0.1, -0.05) is 91.0 Å². The van der Waals surface area contributed by atoms with Gasteiger partial charge in [0, 0.05) is 33.8 Å². The number of para-hydroxylation sites is 1. The maximum absolute atomic E-state index is 11.3. The zero-order chi connectivity index (χ0) is 29.6. The van der Waals surface area contributed by atoms with E-state index in [0.29, 0.717) is 5.56 Å².